The molecule has 0 saturated carbocycles. The first-order valence-corrected chi connectivity index (χ1v) is 10.7. The molecule has 0 bridgehead atoms. The van der Waals surface area contributed by atoms with E-state index >= 15 is 0 Å². The normalized spacial score (nSPS) is 14.7. The molecule has 0 unspecified atom stereocenters. The Morgan fingerprint density at radius 1 is 1.15 bits per heavy atom. The van der Waals surface area contributed by atoms with Crippen LogP contribution in [0.4, 0.5) is 5.82 Å². The molecule has 0 aromatic carbocycles. The fourth-order valence-electron chi connectivity index (χ4n) is 3.21. The molecule has 3 aromatic rings. The van der Waals surface area contributed by atoms with Crippen molar-refractivity contribution < 1.29 is 4.79 Å². The maximum Gasteiger partial charge on any atom is 0.233 e. The zero-order valence-electron chi connectivity index (χ0n) is 15.4. The lowest BCUT2D eigenvalue weighted by molar-refractivity contribution is -0.128. The highest BCUT2D eigenvalue weighted by molar-refractivity contribution is 8.00. The molecule has 1 fully saturated rings. The Morgan fingerprint density at radius 2 is 1.96 bits per heavy atom. The number of aromatic nitrogens is 3. The Morgan fingerprint density at radius 3 is 2.70 bits per heavy atom. The largest absolute Gasteiger partial charge is 0.353 e. The van der Waals surface area contributed by atoms with Crippen LogP contribution in [0.25, 0.3) is 10.2 Å². The van der Waals surface area contributed by atoms with Crippen molar-refractivity contribution in [2.24, 2.45) is 0 Å². The SMILES string of the molecule is Cc1sc2ncnc(SCC(=O)N3CCN(c4ccccn4)CC3)c2c1C. The van der Waals surface area contributed by atoms with Crippen LogP contribution < -0.4 is 4.90 Å². The number of carbonyl (C=O) groups is 1. The lowest BCUT2D eigenvalue weighted by atomic mass is 10.2. The third kappa shape index (κ3) is 3.77. The summed E-state index contributed by atoms with van der Waals surface area (Å²) in [6, 6.07) is 5.92. The van der Waals surface area contributed by atoms with Gasteiger partial charge >= 0.3 is 0 Å². The number of amides is 1. The topological polar surface area (TPSA) is 62.2 Å². The second-order valence-electron chi connectivity index (χ2n) is 6.49. The Balaban J connectivity index is 1.37. The first-order chi connectivity index (χ1) is 13.1. The third-order valence-electron chi connectivity index (χ3n) is 4.87. The van der Waals surface area contributed by atoms with E-state index in [4.69, 9.17) is 0 Å². The number of carbonyl (C=O) groups excluding carboxylic acids is 1. The summed E-state index contributed by atoms with van der Waals surface area (Å²) in [5.74, 6) is 1.55. The molecular formula is C19H21N5OS2. The van der Waals surface area contributed by atoms with E-state index in [2.05, 4.69) is 33.7 Å². The Kier molecular flexibility index (Phi) is 5.27. The number of thioether (sulfide) groups is 1. The number of fused-ring (bicyclic) bond motifs is 1. The van der Waals surface area contributed by atoms with Gasteiger partial charge in [0, 0.05) is 42.6 Å². The monoisotopic (exact) mass is 399 g/mol. The van der Waals surface area contributed by atoms with E-state index in [1.165, 1.54) is 22.2 Å². The van der Waals surface area contributed by atoms with Crippen molar-refractivity contribution in [3.05, 3.63) is 41.2 Å². The number of hydrogen-bond donors (Lipinski definition) is 0. The van der Waals surface area contributed by atoms with E-state index in [-0.39, 0.29) is 5.91 Å². The van der Waals surface area contributed by atoms with Gasteiger partial charge in [-0.15, -0.1) is 11.3 Å². The average Bonchev–Trinajstić information content (AvgIpc) is 3.01. The molecule has 0 N–H and O–H groups in total. The minimum Gasteiger partial charge on any atom is -0.353 e. The molecule has 0 radical (unpaired) electrons. The molecule has 8 heteroatoms. The zero-order valence-corrected chi connectivity index (χ0v) is 17.0. The van der Waals surface area contributed by atoms with Crippen molar-refractivity contribution in [1.29, 1.82) is 0 Å². The molecule has 1 aliphatic heterocycles. The van der Waals surface area contributed by atoms with Crippen molar-refractivity contribution in [1.82, 2.24) is 19.9 Å². The fraction of sp³-hybridized carbons (Fsp3) is 0.368. The molecule has 4 heterocycles. The number of nitrogens with zero attached hydrogens (tertiary/aromatic N) is 5. The van der Waals surface area contributed by atoms with Crippen LogP contribution in [-0.4, -0.2) is 57.7 Å². The minimum atomic E-state index is 0.164. The summed E-state index contributed by atoms with van der Waals surface area (Å²) < 4.78 is 0. The number of piperazine rings is 1. The van der Waals surface area contributed by atoms with Gasteiger partial charge in [-0.2, -0.15) is 0 Å². The van der Waals surface area contributed by atoms with E-state index in [0.29, 0.717) is 5.75 Å². The summed E-state index contributed by atoms with van der Waals surface area (Å²) >= 11 is 3.20. The second kappa shape index (κ2) is 7.82. The predicted octanol–water partition coefficient (Wildman–Crippen LogP) is 3.14. The molecular weight excluding hydrogens is 378 g/mol. The van der Waals surface area contributed by atoms with Crippen LogP contribution in [-0.2, 0) is 4.79 Å². The van der Waals surface area contributed by atoms with Gasteiger partial charge in [0.15, 0.2) is 0 Å². The van der Waals surface area contributed by atoms with Crippen LogP contribution in [0, 0.1) is 13.8 Å². The van der Waals surface area contributed by atoms with Gasteiger partial charge in [0.25, 0.3) is 0 Å². The molecule has 0 aliphatic carbocycles. The van der Waals surface area contributed by atoms with E-state index in [1.807, 2.05) is 23.1 Å². The molecule has 27 heavy (non-hydrogen) atoms. The second-order valence-corrected chi connectivity index (χ2v) is 8.65. The van der Waals surface area contributed by atoms with Crippen LogP contribution in [0.15, 0.2) is 35.7 Å². The van der Waals surface area contributed by atoms with Gasteiger partial charge in [-0.05, 0) is 31.5 Å². The summed E-state index contributed by atoms with van der Waals surface area (Å²) in [6.07, 6.45) is 3.40. The Labute approximate surface area is 166 Å². The van der Waals surface area contributed by atoms with Gasteiger partial charge < -0.3 is 9.80 Å². The van der Waals surface area contributed by atoms with Gasteiger partial charge in [-0.25, -0.2) is 15.0 Å². The first kappa shape index (κ1) is 18.2. The summed E-state index contributed by atoms with van der Waals surface area (Å²) in [5.41, 5.74) is 1.22. The smallest absolute Gasteiger partial charge is 0.233 e. The molecule has 6 nitrogen and oxygen atoms in total. The molecule has 140 valence electrons. The fourth-order valence-corrected chi connectivity index (χ4v) is 5.23. The van der Waals surface area contributed by atoms with Crippen molar-refractivity contribution in [3.63, 3.8) is 0 Å². The van der Waals surface area contributed by atoms with Crippen LogP contribution in [0.2, 0.25) is 0 Å². The van der Waals surface area contributed by atoms with Gasteiger partial charge in [-0.3, -0.25) is 4.79 Å². The van der Waals surface area contributed by atoms with E-state index in [9.17, 15) is 4.79 Å². The molecule has 3 aromatic heterocycles. The average molecular weight is 400 g/mol. The highest BCUT2D eigenvalue weighted by atomic mass is 32.2. The number of pyridine rings is 1. The lowest BCUT2D eigenvalue weighted by Gasteiger charge is -2.35. The molecule has 4 rings (SSSR count). The Hall–Kier alpha value is -2.19. The number of aryl methyl sites for hydroxylation is 2. The van der Waals surface area contributed by atoms with Crippen molar-refractivity contribution in [2.45, 2.75) is 18.9 Å². The predicted molar refractivity (Wildman–Crippen MR) is 111 cm³/mol. The highest BCUT2D eigenvalue weighted by Gasteiger charge is 2.22. The van der Waals surface area contributed by atoms with Gasteiger partial charge in [0.1, 0.15) is 22.0 Å². The van der Waals surface area contributed by atoms with Crippen LogP contribution in [0.1, 0.15) is 10.4 Å². The van der Waals surface area contributed by atoms with Crippen molar-refractivity contribution in [2.75, 3.05) is 36.8 Å². The summed E-state index contributed by atoms with van der Waals surface area (Å²) in [4.78, 5) is 32.3. The highest BCUT2D eigenvalue weighted by Crippen LogP contribution is 2.34. The molecule has 1 saturated heterocycles. The zero-order chi connectivity index (χ0) is 18.8. The van der Waals surface area contributed by atoms with Crippen LogP contribution in [0.5, 0.6) is 0 Å². The first-order valence-electron chi connectivity index (χ1n) is 8.90. The van der Waals surface area contributed by atoms with Crippen LogP contribution >= 0.6 is 23.1 Å². The van der Waals surface area contributed by atoms with Crippen molar-refractivity contribution in [3.8, 4) is 0 Å². The minimum absolute atomic E-state index is 0.164. The molecule has 1 aliphatic rings. The number of thiophene rings is 1. The lowest BCUT2D eigenvalue weighted by Crippen LogP contribution is -2.49. The maximum atomic E-state index is 12.7. The molecule has 0 spiro atoms. The quantitative estimate of drug-likeness (QED) is 0.496. The van der Waals surface area contributed by atoms with E-state index < -0.39 is 0 Å². The molecule has 1 amide bonds. The van der Waals surface area contributed by atoms with E-state index in [1.54, 1.807) is 23.9 Å². The number of hydrogen-bond acceptors (Lipinski definition) is 7. The summed E-state index contributed by atoms with van der Waals surface area (Å²) in [7, 11) is 0. The van der Waals surface area contributed by atoms with Crippen molar-refractivity contribution >= 4 is 45.0 Å². The van der Waals surface area contributed by atoms with Gasteiger partial charge in [-0.1, -0.05) is 17.8 Å². The molecule has 0 atom stereocenters. The third-order valence-corrected chi connectivity index (χ3v) is 6.96. The van der Waals surface area contributed by atoms with Gasteiger partial charge in [0.05, 0.1) is 5.75 Å². The maximum absolute atomic E-state index is 12.7. The standard InChI is InChI=1S/C19H21N5OS2/c1-13-14(2)27-19-17(13)18(21-12-22-19)26-11-16(25)24-9-7-23(8-10-24)15-5-3-4-6-20-15/h3-6,12H,7-11H2,1-2H3. The summed E-state index contributed by atoms with van der Waals surface area (Å²) in [5, 5.41) is 2.00. The number of rotatable bonds is 4. The number of anilines is 1. The summed E-state index contributed by atoms with van der Waals surface area (Å²) in [6.45, 7) is 7.28. The van der Waals surface area contributed by atoms with Crippen LogP contribution in [0.3, 0.4) is 0 Å². The van der Waals surface area contributed by atoms with Gasteiger partial charge in [0.2, 0.25) is 5.91 Å². The Bertz CT molecular complexity index is 951. The van der Waals surface area contributed by atoms with E-state index in [0.717, 1.165) is 47.2 Å².